The van der Waals surface area contributed by atoms with Gasteiger partial charge in [-0.25, -0.2) is 13.2 Å². The number of carboxylic acids is 1. The Bertz CT molecular complexity index is 1820. The zero-order valence-electron chi connectivity index (χ0n) is 23.2. The summed E-state index contributed by atoms with van der Waals surface area (Å²) < 4.78 is 41.7. The van der Waals surface area contributed by atoms with Gasteiger partial charge in [0.15, 0.2) is 15.4 Å². The number of para-hydroxylation sites is 2. The van der Waals surface area contributed by atoms with Gasteiger partial charge in [-0.1, -0.05) is 48.0 Å². The molecule has 2 N–H and O–H groups in total. The van der Waals surface area contributed by atoms with E-state index < -0.39 is 27.9 Å². The number of fused-ring (bicyclic) bond motifs is 1. The molecule has 1 unspecified atom stereocenters. The number of aromatic nitrogens is 1. The number of aryl methyl sites for hydroxylation is 1. The van der Waals surface area contributed by atoms with Crippen LogP contribution in [0.2, 0.25) is 5.02 Å². The summed E-state index contributed by atoms with van der Waals surface area (Å²) in [7, 11) is -3.44. The summed E-state index contributed by atoms with van der Waals surface area (Å²) in [6, 6.07) is 26.3. The molecule has 1 amide bonds. The number of oxazole rings is 1. The topological polar surface area (TPSA) is 145 Å². The number of nitrogens with zero attached hydrogens (tertiary/aromatic N) is 1. The van der Waals surface area contributed by atoms with Gasteiger partial charge in [-0.15, -0.1) is 0 Å². The Morgan fingerprint density at radius 2 is 1.59 bits per heavy atom. The first-order valence-corrected chi connectivity index (χ1v) is 15.5. The van der Waals surface area contributed by atoms with Crippen LogP contribution in [0.3, 0.4) is 0 Å². The molecule has 0 aliphatic heterocycles. The lowest BCUT2D eigenvalue weighted by molar-refractivity contribution is -0.146. The minimum Gasteiger partial charge on any atom is -0.477 e. The molecule has 44 heavy (non-hydrogen) atoms. The van der Waals surface area contributed by atoms with Crippen LogP contribution in [0.25, 0.3) is 11.1 Å². The molecule has 5 aromatic rings. The molecule has 5 rings (SSSR count). The van der Waals surface area contributed by atoms with E-state index in [4.69, 9.17) is 25.5 Å². The summed E-state index contributed by atoms with van der Waals surface area (Å²) in [5.74, 6) is -1.82. The molecule has 0 saturated heterocycles. The number of hydrogen-bond donors (Lipinski definition) is 2. The van der Waals surface area contributed by atoms with E-state index in [9.17, 15) is 23.1 Å². The predicted molar refractivity (Wildman–Crippen MR) is 163 cm³/mol. The Balaban J connectivity index is 1.11. The van der Waals surface area contributed by atoms with Gasteiger partial charge >= 0.3 is 12.0 Å². The van der Waals surface area contributed by atoms with Gasteiger partial charge in [-0.05, 0) is 84.6 Å². The molecule has 226 valence electrons. The lowest BCUT2D eigenvalue weighted by Crippen LogP contribution is -2.44. The Kier molecular flexibility index (Phi) is 9.47. The summed E-state index contributed by atoms with van der Waals surface area (Å²) >= 11 is 5.83. The van der Waals surface area contributed by atoms with Crippen molar-refractivity contribution in [2.45, 2.75) is 30.6 Å². The Hall–Kier alpha value is -4.87. The number of halogens is 1. The molecule has 0 radical (unpaired) electrons. The molecule has 1 atom stereocenters. The smallest absolute Gasteiger partial charge is 0.394 e. The summed E-state index contributed by atoms with van der Waals surface area (Å²) in [5, 5.41) is 12.5. The number of carbonyl (C=O) groups excluding carboxylic acids is 1. The third-order valence-electron chi connectivity index (χ3n) is 6.57. The van der Waals surface area contributed by atoms with Crippen molar-refractivity contribution in [2.24, 2.45) is 0 Å². The van der Waals surface area contributed by atoms with Crippen LogP contribution < -0.4 is 14.8 Å². The Morgan fingerprint density at radius 1 is 0.909 bits per heavy atom. The predicted octanol–water partition coefficient (Wildman–Crippen LogP) is 5.69. The first-order valence-electron chi connectivity index (χ1n) is 13.5. The molecule has 0 fully saturated rings. The van der Waals surface area contributed by atoms with Crippen LogP contribution in [0.15, 0.2) is 106 Å². The van der Waals surface area contributed by atoms with Gasteiger partial charge in [0.2, 0.25) is 0 Å². The first kappa shape index (κ1) is 30.6. The standard InChI is InChI=1S/C32H27ClN2O8S/c33-24-13-17-26(18-14-24)44(39,40)19-3-4-21-9-15-25(16-10-21)42-30(31(37)38)35-29(36)23-11-7-22(8-12-23)20-41-32-34-27-5-1-2-6-28(27)43-32/h1-2,5-18,30H,3-4,19-20H2,(H,35,36)(H,37,38). The van der Waals surface area contributed by atoms with E-state index in [2.05, 4.69) is 10.3 Å². The summed E-state index contributed by atoms with van der Waals surface area (Å²) in [6.07, 6.45) is -0.632. The fourth-order valence-electron chi connectivity index (χ4n) is 4.25. The van der Waals surface area contributed by atoms with Gasteiger partial charge in [0.25, 0.3) is 12.1 Å². The minimum atomic E-state index is -3.44. The monoisotopic (exact) mass is 634 g/mol. The lowest BCUT2D eigenvalue weighted by atomic mass is 10.1. The highest BCUT2D eigenvalue weighted by Gasteiger charge is 2.23. The number of amides is 1. The number of nitrogens with one attached hydrogen (secondary N) is 1. The summed E-state index contributed by atoms with van der Waals surface area (Å²) in [4.78, 5) is 29.0. The molecule has 0 aliphatic carbocycles. The number of aliphatic carboxylic acids is 1. The highest BCUT2D eigenvalue weighted by molar-refractivity contribution is 7.91. The van der Waals surface area contributed by atoms with Crippen LogP contribution in [0, 0.1) is 0 Å². The van der Waals surface area contributed by atoms with Crippen molar-refractivity contribution < 1.29 is 37.0 Å². The molecule has 1 aromatic heterocycles. The van der Waals surface area contributed by atoms with Crippen molar-refractivity contribution in [1.29, 1.82) is 0 Å². The second kappa shape index (κ2) is 13.6. The van der Waals surface area contributed by atoms with E-state index in [1.807, 2.05) is 18.2 Å². The van der Waals surface area contributed by atoms with Crippen molar-refractivity contribution >= 4 is 44.4 Å². The first-order chi connectivity index (χ1) is 21.2. The normalized spacial score (nSPS) is 12.0. The van der Waals surface area contributed by atoms with Crippen LogP contribution >= 0.6 is 11.6 Å². The quantitative estimate of drug-likeness (QED) is 0.156. The highest BCUT2D eigenvalue weighted by Crippen LogP contribution is 2.21. The average Bonchev–Trinajstić information content (AvgIpc) is 3.44. The second-order valence-electron chi connectivity index (χ2n) is 9.76. The second-order valence-corrected chi connectivity index (χ2v) is 12.3. The van der Waals surface area contributed by atoms with E-state index in [1.54, 1.807) is 54.6 Å². The lowest BCUT2D eigenvalue weighted by Gasteiger charge is -2.17. The van der Waals surface area contributed by atoms with E-state index in [0.717, 1.165) is 11.1 Å². The number of carbonyl (C=O) groups is 2. The van der Waals surface area contributed by atoms with E-state index in [-0.39, 0.29) is 34.6 Å². The van der Waals surface area contributed by atoms with E-state index in [0.29, 0.717) is 29.0 Å². The highest BCUT2D eigenvalue weighted by atomic mass is 35.5. The zero-order chi connectivity index (χ0) is 31.1. The molecule has 4 aromatic carbocycles. The van der Waals surface area contributed by atoms with Crippen molar-refractivity contribution in [2.75, 3.05) is 5.75 Å². The fraction of sp³-hybridized carbons (Fsp3) is 0.156. The van der Waals surface area contributed by atoms with Crippen LogP contribution in [0.1, 0.15) is 27.9 Å². The Morgan fingerprint density at radius 3 is 2.27 bits per heavy atom. The number of ether oxygens (including phenoxy) is 2. The van der Waals surface area contributed by atoms with Crippen molar-refractivity contribution in [3.63, 3.8) is 0 Å². The molecular weight excluding hydrogens is 608 g/mol. The van der Waals surface area contributed by atoms with Gasteiger partial charge in [0, 0.05) is 10.6 Å². The van der Waals surface area contributed by atoms with Crippen LogP contribution in [0.5, 0.6) is 11.8 Å². The Labute approximate surface area is 258 Å². The molecular formula is C32H27ClN2O8S. The molecule has 0 bridgehead atoms. The third kappa shape index (κ3) is 7.94. The molecule has 0 saturated carbocycles. The van der Waals surface area contributed by atoms with Gasteiger partial charge in [0.05, 0.1) is 10.6 Å². The number of sulfone groups is 1. The number of hydrogen-bond acceptors (Lipinski definition) is 8. The maximum atomic E-state index is 12.7. The van der Waals surface area contributed by atoms with Crippen molar-refractivity contribution in [3.05, 3.63) is 119 Å². The van der Waals surface area contributed by atoms with Gasteiger partial charge in [-0.3, -0.25) is 4.79 Å². The number of benzene rings is 4. The van der Waals surface area contributed by atoms with Crippen LogP contribution in [-0.2, 0) is 27.7 Å². The average molecular weight is 635 g/mol. The van der Waals surface area contributed by atoms with E-state index in [1.165, 1.54) is 24.3 Å². The number of rotatable bonds is 13. The molecule has 0 aliphatic rings. The SMILES string of the molecule is O=C(NC(Oc1ccc(CCCS(=O)(=O)c2ccc(Cl)cc2)cc1)C(=O)O)c1ccc(COc2nc3ccccc3o2)cc1. The van der Waals surface area contributed by atoms with E-state index >= 15 is 0 Å². The summed E-state index contributed by atoms with van der Waals surface area (Å²) in [6.45, 7) is 0.156. The van der Waals surface area contributed by atoms with Gasteiger partial charge in [-0.2, -0.15) is 4.98 Å². The van der Waals surface area contributed by atoms with Crippen molar-refractivity contribution in [1.82, 2.24) is 10.3 Å². The van der Waals surface area contributed by atoms with Crippen LogP contribution in [-0.4, -0.2) is 42.4 Å². The van der Waals surface area contributed by atoms with Gasteiger partial charge in [0.1, 0.15) is 17.9 Å². The maximum absolute atomic E-state index is 12.7. The maximum Gasteiger partial charge on any atom is 0.394 e. The minimum absolute atomic E-state index is 0.0352. The van der Waals surface area contributed by atoms with Gasteiger partial charge < -0.3 is 24.3 Å². The molecule has 1 heterocycles. The summed E-state index contributed by atoms with van der Waals surface area (Å²) in [5.41, 5.74) is 3.12. The van der Waals surface area contributed by atoms with Crippen molar-refractivity contribution in [3.8, 4) is 11.8 Å². The van der Waals surface area contributed by atoms with Crippen LogP contribution in [0.4, 0.5) is 0 Å². The fourth-order valence-corrected chi connectivity index (χ4v) is 5.69. The number of carboxylic acid groups (broad SMARTS) is 1. The zero-order valence-corrected chi connectivity index (χ0v) is 24.8. The molecule has 10 nitrogen and oxygen atoms in total. The largest absolute Gasteiger partial charge is 0.477 e. The molecule has 0 spiro atoms. The third-order valence-corrected chi connectivity index (χ3v) is 8.64. The molecule has 12 heteroatoms.